The van der Waals surface area contributed by atoms with Crippen molar-refractivity contribution in [2.75, 3.05) is 39.6 Å². The number of carbonyl (C=O) groups excluding carboxylic acids is 4. The first kappa shape index (κ1) is 109. The minimum Gasteiger partial charge on any atom is -0.462 e. The minimum atomic E-state index is -4.97. The van der Waals surface area contributed by atoms with Crippen molar-refractivity contribution >= 4 is 39.5 Å². The number of unbranched alkanes of at least 4 members (excludes halogenated alkanes) is 63. The largest absolute Gasteiger partial charge is 0.472 e. The summed E-state index contributed by atoms with van der Waals surface area (Å²) in [4.78, 5) is 73.5. The normalized spacial score (nSPS) is 13.9. The van der Waals surface area contributed by atoms with Gasteiger partial charge in [0.15, 0.2) is 12.2 Å². The number of esters is 4. The maximum atomic E-state index is 13.2. The molecule has 0 aliphatic carbocycles. The second kappa shape index (κ2) is 84.5. The van der Waals surface area contributed by atoms with E-state index < -0.39 is 97.5 Å². The van der Waals surface area contributed by atoms with Gasteiger partial charge >= 0.3 is 39.5 Å². The molecule has 660 valence electrons. The molecule has 0 saturated carbocycles. The predicted octanol–water partition coefficient (Wildman–Crippen LogP) is 28.7. The van der Waals surface area contributed by atoms with Gasteiger partial charge in [-0.2, -0.15) is 0 Å². The third-order valence-electron chi connectivity index (χ3n) is 22.1. The second-order valence-corrected chi connectivity index (χ2v) is 36.2. The van der Waals surface area contributed by atoms with Crippen LogP contribution in [0.1, 0.15) is 503 Å². The van der Waals surface area contributed by atoms with Crippen LogP contribution in [0.2, 0.25) is 0 Å². The number of phosphoric acid groups is 2. The molecule has 0 rings (SSSR count). The molecule has 0 heterocycles. The first-order chi connectivity index (χ1) is 54.1. The Morgan fingerprint density at radius 2 is 0.432 bits per heavy atom. The third kappa shape index (κ3) is 84.3. The molecule has 17 nitrogen and oxygen atoms in total. The fourth-order valence-electron chi connectivity index (χ4n) is 14.5. The molecule has 3 N–H and O–H groups in total. The Bertz CT molecular complexity index is 2100. The van der Waals surface area contributed by atoms with Crippen LogP contribution in [0.3, 0.4) is 0 Å². The van der Waals surface area contributed by atoms with Crippen LogP contribution >= 0.6 is 15.6 Å². The maximum Gasteiger partial charge on any atom is 0.472 e. The van der Waals surface area contributed by atoms with E-state index in [-0.39, 0.29) is 25.7 Å². The molecule has 0 aliphatic heterocycles. The molecule has 0 aromatic heterocycles. The molecule has 0 saturated heterocycles. The molecule has 0 amide bonds. The number of aliphatic hydroxyl groups is 1. The first-order valence-corrected chi connectivity index (χ1v) is 50.7. The first-order valence-electron chi connectivity index (χ1n) is 47.7. The summed E-state index contributed by atoms with van der Waals surface area (Å²) in [5.41, 5.74) is 0. The van der Waals surface area contributed by atoms with Crippen molar-refractivity contribution in [3.05, 3.63) is 0 Å². The zero-order valence-corrected chi connectivity index (χ0v) is 74.9. The molecule has 0 radical (unpaired) electrons. The number of hydrogen-bond donors (Lipinski definition) is 3. The Labute approximate surface area is 683 Å². The van der Waals surface area contributed by atoms with Crippen LogP contribution in [0, 0.1) is 5.92 Å². The van der Waals surface area contributed by atoms with E-state index in [9.17, 15) is 43.2 Å². The van der Waals surface area contributed by atoms with E-state index in [1.807, 2.05) is 0 Å². The van der Waals surface area contributed by atoms with Gasteiger partial charge < -0.3 is 33.8 Å². The lowest BCUT2D eigenvalue weighted by Gasteiger charge is -2.21. The molecular formula is C92H180O17P2. The Kier molecular flexibility index (Phi) is 83.0. The van der Waals surface area contributed by atoms with E-state index >= 15 is 0 Å². The van der Waals surface area contributed by atoms with E-state index in [1.54, 1.807) is 0 Å². The monoisotopic (exact) mass is 1620 g/mol. The average Bonchev–Trinajstić information content (AvgIpc) is 0.898. The SMILES string of the molecule is CCCCCCCCCCCCCCCCCCCCCC(=O)OC[C@H](COP(=O)(O)OC[C@@H](O)COP(=O)(O)OC[C@@H](COC(=O)CCCCCCCCCCCCCC)OC(=O)CCCCCCCCCCCCCCCCCCCC)OC(=O)CCCCCCCCCCCCCCCCCCCCC(C)CC. The average molecular weight is 1620 g/mol. The van der Waals surface area contributed by atoms with Crippen molar-refractivity contribution in [3.8, 4) is 0 Å². The van der Waals surface area contributed by atoms with Crippen molar-refractivity contribution < 1.29 is 80.2 Å². The van der Waals surface area contributed by atoms with Gasteiger partial charge in [-0.15, -0.1) is 0 Å². The summed E-state index contributed by atoms with van der Waals surface area (Å²) < 4.78 is 69.1. The lowest BCUT2D eigenvalue weighted by atomic mass is 9.99. The second-order valence-electron chi connectivity index (χ2n) is 33.3. The number of aliphatic hydroxyl groups excluding tert-OH is 1. The van der Waals surface area contributed by atoms with Gasteiger partial charge in [0.2, 0.25) is 0 Å². The van der Waals surface area contributed by atoms with Crippen LogP contribution in [0.4, 0.5) is 0 Å². The van der Waals surface area contributed by atoms with Crippen LogP contribution < -0.4 is 0 Å². The summed E-state index contributed by atoms with van der Waals surface area (Å²) in [6, 6.07) is 0. The van der Waals surface area contributed by atoms with Gasteiger partial charge in [-0.1, -0.05) is 452 Å². The van der Waals surface area contributed by atoms with E-state index in [0.717, 1.165) is 95.8 Å². The van der Waals surface area contributed by atoms with Crippen molar-refractivity contribution in [3.63, 3.8) is 0 Å². The fourth-order valence-corrected chi connectivity index (χ4v) is 16.1. The van der Waals surface area contributed by atoms with E-state index in [2.05, 4.69) is 34.6 Å². The van der Waals surface area contributed by atoms with Crippen molar-refractivity contribution in [2.45, 2.75) is 522 Å². The Balaban J connectivity index is 5.24. The molecular weight excluding hydrogens is 1440 g/mol. The van der Waals surface area contributed by atoms with E-state index in [4.69, 9.17) is 37.0 Å². The summed E-state index contributed by atoms with van der Waals surface area (Å²) in [5.74, 6) is -1.22. The molecule has 0 aromatic carbocycles. The molecule has 0 aliphatic rings. The number of carbonyl (C=O) groups is 4. The fraction of sp³-hybridized carbons (Fsp3) is 0.957. The van der Waals surface area contributed by atoms with Gasteiger partial charge in [-0.05, 0) is 31.6 Å². The smallest absolute Gasteiger partial charge is 0.462 e. The number of phosphoric ester groups is 2. The molecule has 0 fully saturated rings. The Morgan fingerprint density at radius 3 is 0.640 bits per heavy atom. The Morgan fingerprint density at radius 1 is 0.252 bits per heavy atom. The van der Waals surface area contributed by atoms with Gasteiger partial charge in [0.25, 0.3) is 0 Å². The summed E-state index contributed by atoms with van der Waals surface area (Å²) in [7, 11) is -9.94. The van der Waals surface area contributed by atoms with Gasteiger partial charge in [0.1, 0.15) is 19.3 Å². The number of hydrogen-bond acceptors (Lipinski definition) is 15. The molecule has 111 heavy (non-hydrogen) atoms. The zero-order chi connectivity index (χ0) is 81.1. The molecule has 3 unspecified atom stereocenters. The highest BCUT2D eigenvalue weighted by Gasteiger charge is 2.31. The standard InChI is InChI=1S/C92H180O17P2/c1-6-10-13-16-19-22-25-28-30-32-34-39-42-46-51-56-61-66-71-76-90(95)103-82-88(109-92(97)78-73-68-63-58-53-48-44-40-36-35-37-41-45-49-54-59-64-69-74-85(5)9-4)84-107-111(100,101)105-80-86(93)79-104-110(98,99)106-83-87(81-102-89(94)75-70-65-60-55-50-27-24-21-18-15-12-8-3)108-91(96)77-72-67-62-57-52-47-43-38-33-31-29-26-23-20-17-14-11-7-2/h85-88,93H,6-84H2,1-5H3,(H,98,99)(H,100,101)/t85?,86-,87+,88+/m0/s1. The van der Waals surface area contributed by atoms with E-state index in [1.165, 1.54) is 327 Å². The molecule has 19 heteroatoms. The van der Waals surface area contributed by atoms with Gasteiger partial charge in [0.05, 0.1) is 26.4 Å². The van der Waals surface area contributed by atoms with Gasteiger partial charge in [0, 0.05) is 25.7 Å². The highest BCUT2D eigenvalue weighted by molar-refractivity contribution is 7.47. The van der Waals surface area contributed by atoms with E-state index in [0.29, 0.717) is 25.7 Å². The van der Waals surface area contributed by atoms with Crippen LogP contribution in [-0.4, -0.2) is 96.7 Å². The van der Waals surface area contributed by atoms with Crippen LogP contribution in [0.5, 0.6) is 0 Å². The van der Waals surface area contributed by atoms with Crippen LogP contribution in [-0.2, 0) is 65.4 Å². The number of ether oxygens (including phenoxy) is 4. The van der Waals surface area contributed by atoms with Crippen molar-refractivity contribution in [2.24, 2.45) is 5.92 Å². The summed E-state index contributed by atoms with van der Waals surface area (Å²) in [5, 5.41) is 10.7. The summed E-state index contributed by atoms with van der Waals surface area (Å²) in [6.45, 7) is 7.47. The predicted molar refractivity (Wildman–Crippen MR) is 460 cm³/mol. The maximum absolute atomic E-state index is 13.2. The third-order valence-corrected chi connectivity index (χ3v) is 24.0. The zero-order valence-electron chi connectivity index (χ0n) is 73.1. The highest BCUT2D eigenvalue weighted by atomic mass is 31.2. The minimum absolute atomic E-state index is 0.110. The quantitative estimate of drug-likeness (QED) is 0.0222. The van der Waals surface area contributed by atoms with Crippen LogP contribution in [0.25, 0.3) is 0 Å². The molecule has 0 bridgehead atoms. The molecule has 0 aromatic rings. The van der Waals surface area contributed by atoms with Gasteiger partial charge in [-0.25, -0.2) is 9.13 Å². The number of rotatable bonds is 92. The lowest BCUT2D eigenvalue weighted by Crippen LogP contribution is -2.30. The summed E-state index contributed by atoms with van der Waals surface area (Å²) in [6.07, 6.45) is 80.5. The molecule has 6 atom stereocenters. The van der Waals surface area contributed by atoms with Crippen molar-refractivity contribution in [1.29, 1.82) is 0 Å². The molecule has 0 spiro atoms. The highest BCUT2D eigenvalue weighted by Crippen LogP contribution is 2.45. The topological polar surface area (TPSA) is 237 Å². The van der Waals surface area contributed by atoms with Crippen molar-refractivity contribution in [1.82, 2.24) is 0 Å². The van der Waals surface area contributed by atoms with Crippen LogP contribution in [0.15, 0.2) is 0 Å². The summed E-state index contributed by atoms with van der Waals surface area (Å²) >= 11 is 0. The van der Waals surface area contributed by atoms with Gasteiger partial charge in [-0.3, -0.25) is 37.3 Å². The Hall–Kier alpha value is -1.94. The lowest BCUT2D eigenvalue weighted by molar-refractivity contribution is -0.161.